The summed E-state index contributed by atoms with van der Waals surface area (Å²) in [6.07, 6.45) is 3.09. The van der Waals surface area contributed by atoms with Gasteiger partial charge in [-0.05, 0) is 32.4 Å². The van der Waals surface area contributed by atoms with Gasteiger partial charge in [0.05, 0.1) is 0 Å². The SMILES string of the molecule is CC(=O)N[C@H](C)CC1=CC(=O)C(C)=CC1=O. The van der Waals surface area contributed by atoms with Crippen LogP contribution < -0.4 is 5.32 Å². The molecule has 0 aromatic heterocycles. The average Bonchev–Trinajstić information content (AvgIpc) is 2.12. The molecule has 1 rings (SSSR count). The lowest BCUT2D eigenvalue weighted by Gasteiger charge is -2.15. The number of carbonyl (C=O) groups excluding carboxylic acids is 3. The van der Waals surface area contributed by atoms with Crippen molar-refractivity contribution in [3.63, 3.8) is 0 Å². The first kappa shape index (κ1) is 12.4. The summed E-state index contributed by atoms with van der Waals surface area (Å²) >= 11 is 0. The van der Waals surface area contributed by atoms with Crippen LogP contribution in [0.4, 0.5) is 0 Å². The van der Waals surface area contributed by atoms with Gasteiger partial charge in [-0.2, -0.15) is 0 Å². The van der Waals surface area contributed by atoms with Crippen LogP contribution in [0.5, 0.6) is 0 Å². The molecule has 1 N–H and O–H groups in total. The monoisotopic (exact) mass is 221 g/mol. The molecule has 0 aromatic rings. The third kappa shape index (κ3) is 3.15. The second kappa shape index (κ2) is 4.88. The summed E-state index contributed by atoms with van der Waals surface area (Å²) in [7, 11) is 0. The number of carbonyl (C=O) groups is 3. The molecule has 0 spiro atoms. The highest BCUT2D eigenvalue weighted by Crippen LogP contribution is 2.15. The lowest BCUT2D eigenvalue weighted by atomic mass is 9.94. The summed E-state index contributed by atoms with van der Waals surface area (Å²) in [6.45, 7) is 4.83. The van der Waals surface area contributed by atoms with Crippen LogP contribution in [-0.2, 0) is 14.4 Å². The molecule has 4 heteroatoms. The number of hydrogen-bond donors (Lipinski definition) is 1. The van der Waals surface area contributed by atoms with E-state index < -0.39 is 0 Å². The zero-order valence-corrected chi connectivity index (χ0v) is 9.66. The molecule has 0 bridgehead atoms. The van der Waals surface area contributed by atoms with Gasteiger partial charge in [0, 0.05) is 24.1 Å². The van der Waals surface area contributed by atoms with Gasteiger partial charge in [-0.15, -0.1) is 0 Å². The second-order valence-corrected chi connectivity index (χ2v) is 4.03. The molecule has 1 amide bonds. The Balaban J connectivity index is 2.69. The van der Waals surface area contributed by atoms with Crippen molar-refractivity contribution in [2.45, 2.75) is 33.2 Å². The van der Waals surface area contributed by atoms with E-state index in [1.165, 1.54) is 19.1 Å². The Labute approximate surface area is 94.4 Å². The minimum atomic E-state index is -0.146. The second-order valence-electron chi connectivity index (χ2n) is 4.03. The summed E-state index contributed by atoms with van der Waals surface area (Å²) in [5.74, 6) is -0.423. The third-order valence-corrected chi connectivity index (χ3v) is 2.33. The van der Waals surface area contributed by atoms with Crippen LogP contribution in [-0.4, -0.2) is 23.5 Å². The van der Waals surface area contributed by atoms with Gasteiger partial charge in [-0.1, -0.05) is 0 Å². The van der Waals surface area contributed by atoms with Crippen LogP contribution in [0.2, 0.25) is 0 Å². The highest BCUT2D eigenvalue weighted by molar-refractivity contribution is 6.19. The highest BCUT2D eigenvalue weighted by atomic mass is 16.1. The van der Waals surface area contributed by atoms with E-state index in [1.54, 1.807) is 13.8 Å². The number of rotatable bonds is 3. The zero-order valence-electron chi connectivity index (χ0n) is 9.66. The molecule has 0 aromatic carbocycles. The molecular weight excluding hydrogens is 206 g/mol. The number of amides is 1. The van der Waals surface area contributed by atoms with Crippen molar-refractivity contribution < 1.29 is 14.4 Å². The maximum Gasteiger partial charge on any atom is 0.217 e. The van der Waals surface area contributed by atoms with E-state index in [1.807, 2.05) is 0 Å². The van der Waals surface area contributed by atoms with Gasteiger partial charge in [-0.25, -0.2) is 0 Å². The fourth-order valence-electron chi connectivity index (χ4n) is 1.59. The van der Waals surface area contributed by atoms with Gasteiger partial charge in [-0.3, -0.25) is 14.4 Å². The molecule has 1 aliphatic rings. The normalized spacial score (nSPS) is 17.7. The molecule has 0 fully saturated rings. The highest BCUT2D eigenvalue weighted by Gasteiger charge is 2.19. The van der Waals surface area contributed by atoms with Crippen molar-refractivity contribution in [1.82, 2.24) is 5.32 Å². The van der Waals surface area contributed by atoms with Crippen LogP contribution >= 0.6 is 0 Å². The van der Waals surface area contributed by atoms with Crippen LogP contribution in [0, 0.1) is 0 Å². The molecule has 0 saturated heterocycles. The van der Waals surface area contributed by atoms with Crippen molar-refractivity contribution in [3.8, 4) is 0 Å². The van der Waals surface area contributed by atoms with Crippen molar-refractivity contribution in [3.05, 3.63) is 23.3 Å². The molecule has 1 aliphatic carbocycles. The molecule has 1 atom stereocenters. The van der Waals surface area contributed by atoms with E-state index in [9.17, 15) is 14.4 Å². The Morgan fingerprint density at radius 1 is 1.31 bits per heavy atom. The minimum Gasteiger partial charge on any atom is -0.354 e. The van der Waals surface area contributed by atoms with Gasteiger partial charge in [0.15, 0.2) is 11.6 Å². The molecule has 0 heterocycles. The van der Waals surface area contributed by atoms with E-state index in [4.69, 9.17) is 0 Å². The van der Waals surface area contributed by atoms with Gasteiger partial charge < -0.3 is 5.32 Å². The first-order valence-electron chi connectivity index (χ1n) is 5.14. The molecule has 16 heavy (non-hydrogen) atoms. The maximum absolute atomic E-state index is 11.6. The number of nitrogens with one attached hydrogen (secondary N) is 1. The van der Waals surface area contributed by atoms with Crippen LogP contribution in [0.15, 0.2) is 23.3 Å². The largest absolute Gasteiger partial charge is 0.354 e. The zero-order chi connectivity index (χ0) is 12.3. The summed E-state index contributed by atoms with van der Waals surface area (Å²) in [6, 6.07) is -0.146. The molecular formula is C12H15NO3. The fourth-order valence-corrected chi connectivity index (χ4v) is 1.59. The van der Waals surface area contributed by atoms with E-state index in [2.05, 4.69) is 5.32 Å². The molecule has 0 saturated carbocycles. The summed E-state index contributed by atoms with van der Waals surface area (Å²) < 4.78 is 0. The van der Waals surface area contributed by atoms with Gasteiger partial charge in [0.1, 0.15) is 0 Å². The maximum atomic E-state index is 11.6. The Morgan fingerprint density at radius 2 is 1.94 bits per heavy atom. The number of allylic oxidation sites excluding steroid dienone is 3. The molecule has 0 aliphatic heterocycles. The lowest BCUT2D eigenvalue weighted by molar-refractivity contribution is -0.119. The van der Waals surface area contributed by atoms with Gasteiger partial charge >= 0.3 is 0 Å². The lowest BCUT2D eigenvalue weighted by Crippen LogP contribution is -2.31. The molecule has 86 valence electrons. The van der Waals surface area contributed by atoms with Crippen LogP contribution in [0.1, 0.15) is 27.2 Å². The Bertz CT molecular complexity index is 404. The first-order chi connectivity index (χ1) is 7.40. The smallest absolute Gasteiger partial charge is 0.217 e. The summed E-state index contributed by atoms with van der Waals surface area (Å²) in [4.78, 5) is 33.7. The topological polar surface area (TPSA) is 63.2 Å². The van der Waals surface area contributed by atoms with E-state index in [-0.39, 0.29) is 23.5 Å². The van der Waals surface area contributed by atoms with Crippen molar-refractivity contribution in [2.24, 2.45) is 0 Å². The van der Waals surface area contributed by atoms with Crippen LogP contribution in [0.3, 0.4) is 0 Å². The average molecular weight is 221 g/mol. The number of ketones is 2. The van der Waals surface area contributed by atoms with E-state index in [0.717, 1.165) is 0 Å². The van der Waals surface area contributed by atoms with Crippen LogP contribution in [0.25, 0.3) is 0 Å². The minimum absolute atomic E-state index is 0.135. The molecule has 4 nitrogen and oxygen atoms in total. The van der Waals surface area contributed by atoms with Crippen molar-refractivity contribution in [2.75, 3.05) is 0 Å². The number of hydrogen-bond acceptors (Lipinski definition) is 3. The third-order valence-electron chi connectivity index (χ3n) is 2.33. The Kier molecular flexibility index (Phi) is 3.77. The molecule has 0 unspecified atom stereocenters. The quantitative estimate of drug-likeness (QED) is 0.721. The first-order valence-corrected chi connectivity index (χ1v) is 5.14. The summed E-state index contributed by atoms with van der Waals surface area (Å²) in [5, 5.41) is 2.67. The predicted octanol–water partition coefficient (Wildman–Crippen LogP) is 0.926. The van der Waals surface area contributed by atoms with Crippen molar-refractivity contribution >= 4 is 17.5 Å². The molecule has 0 radical (unpaired) electrons. The standard InChI is InChI=1S/C12H15NO3/c1-7-4-12(16)10(6-11(7)15)5-8(2)13-9(3)14/h4,6,8H,5H2,1-3H3,(H,13,14)/t8-/m1/s1. The van der Waals surface area contributed by atoms with E-state index in [0.29, 0.717) is 17.6 Å². The summed E-state index contributed by atoms with van der Waals surface area (Å²) in [5.41, 5.74) is 0.915. The van der Waals surface area contributed by atoms with Gasteiger partial charge in [0.25, 0.3) is 0 Å². The van der Waals surface area contributed by atoms with Crippen molar-refractivity contribution in [1.29, 1.82) is 0 Å². The Hall–Kier alpha value is -1.71. The predicted molar refractivity (Wildman–Crippen MR) is 59.7 cm³/mol. The van der Waals surface area contributed by atoms with Gasteiger partial charge in [0.2, 0.25) is 5.91 Å². The van der Waals surface area contributed by atoms with E-state index >= 15 is 0 Å². The fraction of sp³-hybridized carbons (Fsp3) is 0.417. The Morgan fingerprint density at radius 3 is 2.50 bits per heavy atom.